The molecular weight excluding hydrogens is 203 g/mol. The van der Waals surface area contributed by atoms with E-state index in [1.807, 2.05) is 18.2 Å². The molecule has 1 saturated heterocycles. The standard InChI is InChI=1S/C9H9O4P/c10-14-13-9(11-6-7-12-9)8-4-2-1-3-5-8/h1-5H,6-7H2. The Bertz CT molecular complexity index is 308. The predicted molar refractivity (Wildman–Crippen MR) is 48.7 cm³/mol. The lowest BCUT2D eigenvalue weighted by atomic mass is 10.2. The molecule has 1 aromatic rings. The summed E-state index contributed by atoms with van der Waals surface area (Å²) in [6.45, 7) is 0.870. The molecule has 0 amide bonds. The van der Waals surface area contributed by atoms with Gasteiger partial charge in [-0.25, -0.2) is 9.09 Å². The van der Waals surface area contributed by atoms with Crippen LogP contribution in [0.25, 0.3) is 0 Å². The van der Waals surface area contributed by atoms with Gasteiger partial charge in [-0.1, -0.05) is 30.3 Å². The molecule has 2 rings (SSSR count). The highest BCUT2D eigenvalue weighted by molar-refractivity contribution is 7.17. The first-order valence-electron chi connectivity index (χ1n) is 4.22. The van der Waals surface area contributed by atoms with Crippen molar-refractivity contribution in [3.8, 4) is 0 Å². The zero-order valence-electron chi connectivity index (χ0n) is 7.38. The van der Waals surface area contributed by atoms with Crippen LogP contribution in [0.5, 0.6) is 0 Å². The molecule has 1 fully saturated rings. The van der Waals surface area contributed by atoms with Crippen LogP contribution < -0.4 is 0 Å². The average Bonchev–Trinajstić information content (AvgIpc) is 2.70. The molecule has 0 atom stereocenters. The molecule has 0 N–H and O–H groups in total. The van der Waals surface area contributed by atoms with Crippen molar-refractivity contribution < 1.29 is 18.6 Å². The molecule has 0 bridgehead atoms. The molecule has 1 aliphatic rings. The smallest absolute Gasteiger partial charge is 0.321 e. The lowest BCUT2D eigenvalue weighted by molar-refractivity contribution is -0.293. The molecule has 0 aliphatic carbocycles. The van der Waals surface area contributed by atoms with Crippen LogP contribution in [0.1, 0.15) is 5.56 Å². The van der Waals surface area contributed by atoms with E-state index in [0.717, 1.165) is 0 Å². The van der Waals surface area contributed by atoms with Gasteiger partial charge in [0.05, 0.1) is 13.2 Å². The summed E-state index contributed by atoms with van der Waals surface area (Å²) >= 11 is 0. The van der Waals surface area contributed by atoms with Crippen molar-refractivity contribution in [2.24, 2.45) is 0 Å². The molecule has 0 radical (unpaired) electrons. The summed E-state index contributed by atoms with van der Waals surface area (Å²) in [4.78, 5) is 0. The molecule has 1 aliphatic heterocycles. The molecule has 0 unspecified atom stereocenters. The molecular formula is C9H9O4P. The number of benzene rings is 1. The highest BCUT2D eigenvalue weighted by Crippen LogP contribution is 2.35. The Morgan fingerprint density at radius 1 is 1.21 bits per heavy atom. The van der Waals surface area contributed by atoms with E-state index in [2.05, 4.69) is 0 Å². The Labute approximate surface area is 83.1 Å². The van der Waals surface area contributed by atoms with Gasteiger partial charge >= 0.3 is 14.7 Å². The van der Waals surface area contributed by atoms with Crippen LogP contribution in [-0.2, 0) is 24.5 Å². The molecule has 4 nitrogen and oxygen atoms in total. The summed E-state index contributed by atoms with van der Waals surface area (Å²) in [5, 5.41) is 0. The maximum atomic E-state index is 10.5. The molecule has 5 heteroatoms. The SMILES string of the molecule is O=POC1(c2ccccc2)OCCO1. The van der Waals surface area contributed by atoms with Crippen molar-refractivity contribution in [1.29, 1.82) is 0 Å². The number of hydrogen-bond donors (Lipinski definition) is 0. The van der Waals surface area contributed by atoms with Gasteiger partial charge in [0.15, 0.2) is 0 Å². The van der Waals surface area contributed by atoms with E-state index in [1.54, 1.807) is 12.1 Å². The van der Waals surface area contributed by atoms with Crippen LogP contribution in [0.15, 0.2) is 30.3 Å². The van der Waals surface area contributed by atoms with Crippen LogP contribution in [0.2, 0.25) is 0 Å². The minimum Gasteiger partial charge on any atom is -0.321 e. The van der Waals surface area contributed by atoms with Crippen LogP contribution in [-0.4, -0.2) is 13.2 Å². The quantitative estimate of drug-likeness (QED) is 0.719. The summed E-state index contributed by atoms with van der Waals surface area (Å²) < 4.78 is 26.0. The zero-order valence-corrected chi connectivity index (χ0v) is 8.28. The van der Waals surface area contributed by atoms with Gasteiger partial charge in [-0.15, -0.1) is 0 Å². The second-order valence-corrected chi connectivity index (χ2v) is 3.12. The highest BCUT2D eigenvalue weighted by atomic mass is 31.1. The summed E-state index contributed by atoms with van der Waals surface area (Å²) in [7, 11) is -0.460. The monoisotopic (exact) mass is 212 g/mol. The summed E-state index contributed by atoms with van der Waals surface area (Å²) in [6.07, 6.45) is 0. The minimum absolute atomic E-state index is 0.435. The number of rotatable bonds is 3. The van der Waals surface area contributed by atoms with Crippen LogP contribution in [0.3, 0.4) is 0 Å². The molecule has 1 heterocycles. The lowest BCUT2D eigenvalue weighted by Crippen LogP contribution is -2.27. The van der Waals surface area contributed by atoms with Crippen molar-refractivity contribution in [2.45, 2.75) is 5.97 Å². The Hall–Kier alpha value is -0.800. The molecule has 14 heavy (non-hydrogen) atoms. The number of ether oxygens (including phenoxy) is 2. The third-order valence-electron chi connectivity index (χ3n) is 1.95. The van der Waals surface area contributed by atoms with E-state index < -0.39 is 14.7 Å². The first-order valence-corrected chi connectivity index (χ1v) is 4.95. The second-order valence-electron chi connectivity index (χ2n) is 2.78. The van der Waals surface area contributed by atoms with Crippen LogP contribution in [0, 0.1) is 0 Å². The maximum Gasteiger partial charge on any atom is 0.332 e. The second kappa shape index (κ2) is 4.15. The van der Waals surface area contributed by atoms with Crippen LogP contribution in [0.4, 0.5) is 0 Å². The fourth-order valence-corrected chi connectivity index (χ4v) is 1.67. The molecule has 0 saturated carbocycles. The van der Waals surface area contributed by atoms with Gasteiger partial charge in [-0.3, -0.25) is 0 Å². The Balaban J connectivity index is 2.31. The maximum absolute atomic E-state index is 10.5. The summed E-state index contributed by atoms with van der Waals surface area (Å²) in [6, 6.07) is 9.16. The summed E-state index contributed by atoms with van der Waals surface area (Å²) in [5.41, 5.74) is 0.709. The van der Waals surface area contributed by atoms with E-state index in [1.165, 1.54) is 0 Å². The molecule has 74 valence electrons. The van der Waals surface area contributed by atoms with E-state index in [9.17, 15) is 4.57 Å². The van der Waals surface area contributed by atoms with Gasteiger partial charge in [0.2, 0.25) is 0 Å². The third kappa shape index (κ3) is 1.70. The first-order chi connectivity index (χ1) is 6.87. The lowest BCUT2D eigenvalue weighted by Gasteiger charge is -2.23. The zero-order chi connectivity index (χ0) is 9.86. The van der Waals surface area contributed by atoms with Crippen LogP contribution >= 0.6 is 8.69 Å². The molecule has 1 aromatic carbocycles. The van der Waals surface area contributed by atoms with Crippen molar-refractivity contribution in [2.75, 3.05) is 13.2 Å². The van der Waals surface area contributed by atoms with Gasteiger partial charge in [0, 0.05) is 5.56 Å². The first kappa shape index (κ1) is 9.74. The van der Waals surface area contributed by atoms with E-state index in [4.69, 9.17) is 14.0 Å². The van der Waals surface area contributed by atoms with E-state index >= 15 is 0 Å². The number of hydrogen-bond acceptors (Lipinski definition) is 4. The highest BCUT2D eigenvalue weighted by Gasteiger charge is 2.40. The Morgan fingerprint density at radius 2 is 1.86 bits per heavy atom. The molecule has 0 aromatic heterocycles. The summed E-state index contributed by atoms with van der Waals surface area (Å²) in [5.74, 6) is -1.29. The normalized spacial score (nSPS) is 20.0. The Morgan fingerprint density at radius 3 is 2.43 bits per heavy atom. The predicted octanol–water partition coefficient (Wildman–Crippen LogP) is 2.07. The Kier molecular flexibility index (Phi) is 2.89. The third-order valence-corrected chi connectivity index (χ3v) is 2.27. The van der Waals surface area contributed by atoms with Gasteiger partial charge in [-0.05, 0) is 0 Å². The minimum atomic E-state index is -1.29. The van der Waals surface area contributed by atoms with Crippen molar-refractivity contribution >= 4 is 8.69 Å². The average molecular weight is 212 g/mol. The van der Waals surface area contributed by atoms with E-state index in [0.29, 0.717) is 18.8 Å². The fraction of sp³-hybridized carbons (Fsp3) is 0.333. The van der Waals surface area contributed by atoms with Gasteiger partial charge < -0.3 is 9.47 Å². The fourth-order valence-electron chi connectivity index (χ4n) is 1.36. The van der Waals surface area contributed by atoms with Gasteiger partial charge in [0.25, 0.3) is 0 Å². The van der Waals surface area contributed by atoms with E-state index in [-0.39, 0.29) is 0 Å². The van der Waals surface area contributed by atoms with Gasteiger partial charge in [-0.2, -0.15) is 0 Å². The largest absolute Gasteiger partial charge is 0.332 e. The van der Waals surface area contributed by atoms with Gasteiger partial charge in [0.1, 0.15) is 0 Å². The topological polar surface area (TPSA) is 44.8 Å². The van der Waals surface area contributed by atoms with Crippen molar-refractivity contribution in [3.05, 3.63) is 35.9 Å². The van der Waals surface area contributed by atoms with Crippen molar-refractivity contribution in [3.63, 3.8) is 0 Å². The molecule has 0 spiro atoms. The van der Waals surface area contributed by atoms with Crippen molar-refractivity contribution in [1.82, 2.24) is 0 Å².